The average molecular weight is 163 g/mol. The zero-order valence-electron chi connectivity index (χ0n) is 6.66. The zero-order chi connectivity index (χ0) is 8.72. The quantitative estimate of drug-likeness (QED) is 0.592. The van der Waals surface area contributed by atoms with Gasteiger partial charge in [0.05, 0.1) is 0 Å². The molecule has 0 fully saturated rings. The van der Waals surface area contributed by atoms with Crippen LogP contribution in [-0.2, 0) is 7.05 Å². The second kappa shape index (κ2) is 2.14. The lowest BCUT2D eigenvalue weighted by atomic mass is 10.3. The third-order valence-electron chi connectivity index (χ3n) is 1.99. The fourth-order valence-electron chi connectivity index (χ4n) is 1.33. The molecule has 2 rings (SSSR count). The summed E-state index contributed by atoms with van der Waals surface area (Å²) in [6.07, 6.45) is 1.62. The predicted molar refractivity (Wildman–Crippen MR) is 48.0 cm³/mol. The Labute approximate surface area is 68.6 Å². The molecule has 12 heavy (non-hydrogen) atoms. The van der Waals surface area contributed by atoms with Crippen molar-refractivity contribution in [1.29, 1.82) is 0 Å². The van der Waals surface area contributed by atoms with Gasteiger partial charge in [-0.1, -0.05) is 0 Å². The number of pyridine rings is 1. The fraction of sp³-hybridized carbons (Fsp3) is 0.125. The van der Waals surface area contributed by atoms with Gasteiger partial charge in [0.25, 0.3) is 5.56 Å². The normalized spacial score (nSPS) is 10.8. The number of anilines is 1. The molecule has 4 nitrogen and oxygen atoms in total. The largest absolute Gasteiger partial charge is 0.385 e. The smallest absolute Gasteiger partial charge is 0.272 e. The Balaban J connectivity index is 3.07. The van der Waals surface area contributed by atoms with E-state index in [-0.39, 0.29) is 5.56 Å². The number of nitrogens with zero attached hydrogens (tertiary/aromatic N) is 1. The van der Waals surface area contributed by atoms with Crippen LogP contribution in [0.25, 0.3) is 10.9 Å². The lowest BCUT2D eigenvalue weighted by molar-refractivity contribution is 0.971. The number of H-pyrrole nitrogens is 1. The van der Waals surface area contributed by atoms with Crippen LogP contribution in [0.5, 0.6) is 0 Å². The van der Waals surface area contributed by atoms with Gasteiger partial charge < -0.3 is 15.3 Å². The molecule has 0 spiro atoms. The van der Waals surface area contributed by atoms with E-state index in [0.29, 0.717) is 11.3 Å². The van der Waals surface area contributed by atoms with Crippen LogP contribution >= 0.6 is 0 Å². The molecule has 3 N–H and O–H groups in total. The topological polar surface area (TPSA) is 63.8 Å². The highest BCUT2D eigenvalue weighted by atomic mass is 16.1. The van der Waals surface area contributed by atoms with Gasteiger partial charge >= 0.3 is 0 Å². The summed E-state index contributed by atoms with van der Waals surface area (Å²) in [7, 11) is 1.77. The highest BCUT2D eigenvalue weighted by Crippen LogP contribution is 2.15. The summed E-state index contributed by atoms with van der Waals surface area (Å²) >= 11 is 0. The number of nitrogens with two attached hydrogens (primary N) is 1. The number of nitrogens with one attached hydrogen (secondary N) is 1. The molecule has 0 aliphatic heterocycles. The Morgan fingerprint density at radius 1 is 1.58 bits per heavy atom. The van der Waals surface area contributed by atoms with E-state index in [1.165, 1.54) is 0 Å². The average Bonchev–Trinajstić information content (AvgIpc) is 2.29. The number of fused-ring (bicyclic) bond motifs is 1. The van der Waals surface area contributed by atoms with Gasteiger partial charge in [-0.15, -0.1) is 0 Å². The molecule has 0 saturated carbocycles. The molecule has 0 amide bonds. The standard InChI is InChI=1S/C8H9N3O/c1-11-6(9)4-5-2-3-10-8(12)7(5)11/h2-4H,9H2,1H3,(H,10,12). The first-order valence-electron chi connectivity index (χ1n) is 3.63. The van der Waals surface area contributed by atoms with Crippen LogP contribution in [0.15, 0.2) is 23.1 Å². The number of aryl methyl sites for hydroxylation is 1. The van der Waals surface area contributed by atoms with E-state index in [1.807, 2.05) is 6.07 Å². The van der Waals surface area contributed by atoms with E-state index < -0.39 is 0 Å². The van der Waals surface area contributed by atoms with E-state index >= 15 is 0 Å². The van der Waals surface area contributed by atoms with Crippen LogP contribution in [-0.4, -0.2) is 9.55 Å². The highest BCUT2D eigenvalue weighted by molar-refractivity contribution is 5.83. The second-order valence-corrected chi connectivity index (χ2v) is 2.74. The summed E-state index contributed by atoms with van der Waals surface area (Å²) < 4.78 is 1.67. The fourth-order valence-corrected chi connectivity index (χ4v) is 1.33. The Hall–Kier alpha value is -1.71. The minimum absolute atomic E-state index is 0.105. The van der Waals surface area contributed by atoms with E-state index in [4.69, 9.17) is 5.73 Å². The Bertz CT molecular complexity index is 480. The van der Waals surface area contributed by atoms with Gasteiger partial charge in [0.2, 0.25) is 0 Å². The molecular weight excluding hydrogens is 154 g/mol. The number of aromatic nitrogens is 2. The van der Waals surface area contributed by atoms with Crippen LogP contribution in [0.2, 0.25) is 0 Å². The summed E-state index contributed by atoms with van der Waals surface area (Å²) in [6.45, 7) is 0. The number of hydrogen-bond donors (Lipinski definition) is 2. The monoisotopic (exact) mass is 163 g/mol. The first-order chi connectivity index (χ1) is 5.70. The van der Waals surface area contributed by atoms with Gasteiger partial charge in [-0.3, -0.25) is 4.79 Å². The maximum absolute atomic E-state index is 11.3. The van der Waals surface area contributed by atoms with Gasteiger partial charge in [-0.2, -0.15) is 0 Å². The maximum atomic E-state index is 11.3. The maximum Gasteiger partial charge on any atom is 0.272 e. The van der Waals surface area contributed by atoms with Gasteiger partial charge in [-0.25, -0.2) is 0 Å². The van der Waals surface area contributed by atoms with E-state index in [1.54, 1.807) is 23.9 Å². The van der Waals surface area contributed by atoms with E-state index in [0.717, 1.165) is 5.39 Å². The van der Waals surface area contributed by atoms with Crippen LogP contribution in [0, 0.1) is 0 Å². The Kier molecular flexibility index (Phi) is 1.24. The van der Waals surface area contributed by atoms with Crippen molar-refractivity contribution in [2.45, 2.75) is 0 Å². The minimum Gasteiger partial charge on any atom is -0.385 e. The van der Waals surface area contributed by atoms with Crippen molar-refractivity contribution in [3.8, 4) is 0 Å². The van der Waals surface area contributed by atoms with Crippen molar-refractivity contribution in [2.24, 2.45) is 7.05 Å². The molecule has 2 aromatic heterocycles. The summed E-state index contributed by atoms with van der Waals surface area (Å²) in [6, 6.07) is 3.61. The number of nitrogen functional groups attached to an aromatic ring is 1. The third-order valence-corrected chi connectivity index (χ3v) is 1.99. The second-order valence-electron chi connectivity index (χ2n) is 2.74. The molecule has 0 bridgehead atoms. The molecule has 0 saturated heterocycles. The number of aromatic amines is 1. The van der Waals surface area contributed by atoms with Gasteiger partial charge in [0.1, 0.15) is 11.3 Å². The molecule has 0 radical (unpaired) electrons. The molecule has 4 heteroatoms. The molecule has 0 unspecified atom stereocenters. The molecule has 0 aliphatic rings. The zero-order valence-corrected chi connectivity index (χ0v) is 6.66. The third kappa shape index (κ3) is 0.747. The first kappa shape index (κ1) is 6.97. The molecule has 2 heterocycles. The van der Waals surface area contributed by atoms with Crippen molar-refractivity contribution in [1.82, 2.24) is 9.55 Å². The molecule has 62 valence electrons. The van der Waals surface area contributed by atoms with Gasteiger partial charge in [0, 0.05) is 18.6 Å². The van der Waals surface area contributed by atoms with E-state index in [2.05, 4.69) is 4.98 Å². The molecule has 0 aromatic carbocycles. The summed E-state index contributed by atoms with van der Waals surface area (Å²) in [5.74, 6) is 0.599. The van der Waals surface area contributed by atoms with Crippen LogP contribution in [0.3, 0.4) is 0 Å². The summed E-state index contributed by atoms with van der Waals surface area (Å²) in [4.78, 5) is 13.9. The first-order valence-corrected chi connectivity index (χ1v) is 3.63. The van der Waals surface area contributed by atoms with E-state index in [9.17, 15) is 4.79 Å². The van der Waals surface area contributed by atoms with Crippen molar-refractivity contribution >= 4 is 16.7 Å². The highest BCUT2D eigenvalue weighted by Gasteiger charge is 2.04. The van der Waals surface area contributed by atoms with Crippen molar-refractivity contribution in [3.63, 3.8) is 0 Å². The van der Waals surface area contributed by atoms with Crippen molar-refractivity contribution in [2.75, 3.05) is 5.73 Å². The molecule has 0 atom stereocenters. The molecular formula is C8H9N3O. The lowest BCUT2D eigenvalue weighted by Gasteiger charge is -1.95. The minimum atomic E-state index is -0.105. The molecule has 2 aromatic rings. The van der Waals surface area contributed by atoms with Crippen LogP contribution in [0.1, 0.15) is 0 Å². The summed E-state index contributed by atoms with van der Waals surface area (Å²) in [5.41, 5.74) is 6.15. The Morgan fingerprint density at radius 2 is 2.33 bits per heavy atom. The van der Waals surface area contributed by atoms with Crippen molar-refractivity contribution < 1.29 is 0 Å². The number of hydrogen-bond acceptors (Lipinski definition) is 2. The Morgan fingerprint density at radius 3 is 3.00 bits per heavy atom. The SMILES string of the molecule is Cn1c(N)cc2cc[nH]c(=O)c21. The van der Waals surface area contributed by atoms with Crippen LogP contribution < -0.4 is 11.3 Å². The number of rotatable bonds is 0. The van der Waals surface area contributed by atoms with Gasteiger partial charge in [-0.05, 0) is 12.1 Å². The lowest BCUT2D eigenvalue weighted by Crippen LogP contribution is -2.08. The molecule has 0 aliphatic carbocycles. The van der Waals surface area contributed by atoms with Crippen molar-refractivity contribution in [3.05, 3.63) is 28.7 Å². The predicted octanol–water partition coefficient (Wildman–Crippen LogP) is 0.449. The van der Waals surface area contributed by atoms with Crippen LogP contribution in [0.4, 0.5) is 5.82 Å². The summed E-state index contributed by atoms with van der Waals surface area (Å²) in [5, 5.41) is 0.874. The van der Waals surface area contributed by atoms with Gasteiger partial charge in [0.15, 0.2) is 0 Å².